The van der Waals surface area contributed by atoms with Gasteiger partial charge in [-0.2, -0.15) is 5.10 Å². The summed E-state index contributed by atoms with van der Waals surface area (Å²) < 4.78 is 9.19. The van der Waals surface area contributed by atoms with Crippen molar-refractivity contribution in [3.8, 4) is 11.4 Å². The minimum atomic E-state index is -0.0293. The third-order valence-corrected chi connectivity index (χ3v) is 5.98. The van der Waals surface area contributed by atoms with Gasteiger partial charge in [0.15, 0.2) is 0 Å². The van der Waals surface area contributed by atoms with Crippen molar-refractivity contribution < 1.29 is 9.53 Å². The fourth-order valence-corrected chi connectivity index (χ4v) is 4.43. The number of carbonyl (C=O) groups is 1. The molecule has 5 rings (SSSR count). The minimum absolute atomic E-state index is 0.0127. The van der Waals surface area contributed by atoms with Crippen molar-refractivity contribution in [2.75, 3.05) is 7.11 Å². The van der Waals surface area contributed by atoms with E-state index in [0.717, 1.165) is 58.8 Å². The van der Waals surface area contributed by atoms with E-state index in [9.17, 15) is 4.79 Å². The molecular formula is C24H25N5O2. The number of aromatic nitrogens is 4. The first kappa shape index (κ1) is 19.4. The van der Waals surface area contributed by atoms with Crippen LogP contribution in [0.25, 0.3) is 16.7 Å². The number of fused-ring (bicyclic) bond motifs is 2. The summed E-state index contributed by atoms with van der Waals surface area (Å²) in [5.74, 6) is 1.64. The summed E-state index contributed by atoms with van der Waals surface area (Å²) in [7, 11) is 1.66. The molecule has 1 N–H and O–H groups in total. The highest BCUT2D eigenvalue weighted by Crippen LogP contribution is 2.31. The first-order valence-electron chi connectivity index (χ1n) is 10.6. The van der Waals surface area contributed by atoms with E-state index in [0.29, 0.717) is 0 Å². The second kappa shape index (κ2) is 7.91. The Morgan fingerprint density at radius 1 is 1.19 bits per heavy atom. The maximum absolute atomic E-state index is 12.9. The second-order valence-electron chi connectivity index (χ2n) is 7.90. The lowest BCUT2D eigenvalue weighted by Crippen LogP contribution is -2.33. The second-order valence-corrected chi connectivity index (χ2v) is 7.90. The molecule has 1 aliphatic rings. The SMILES string of the molecule is COc1ccc(-n2ncc3c2CCCC3NC(=O)Cn2c(C)nc3ccccc32)cc1. The molecule has 4 aromatic rings. The summed E-state index contributed by atoms with van der Waals surface area (Å²) in [6, 6.07) is 15.7. The Labute approximate surface area is 180 Å². The topological polar surface area (TPSA) is 74.0 Å². The van der Waals surface area contributed by atoms with Gasteiger partial charge in [-0.05, 0) is 62.6 Å². The van der Waals surface area contributed by atoms with E-state index < -0.39 is 0 Å². The van der Waals surface area contributed by atoms with E-state index in [2.05, 4.69) is 15.4 Å². The Kier molecular flexibility index (Phi) is 4.94. The van der Waals surface area contributed by atoms with Crippen LogP contribution in [0.3, 0.4) is 0 Å². The number of benzene rings is 2. The van der Waals surface area contributed by atoms with Gasteiger partial charge in [0, 0.05) is 11.3 Å². The fourth-order valence-electron chi connectivity index (χ4n) is 4.43. The Morgan fingerprint density at radius 3 is 2.81 bits per heavy atom. The molecule has 158 valence electrons. The lowest BCUT2D eigenvalue weighted by molar-refractivity contribution is -0.122. The number of amides is 1. The first-order chi connectivity index (χ1) is 15.1. The van der Waals surface area contributed by atoms with Gasteiger partial charge < -0.3 is 14.6 Å². The molecule has 2 heterocycles. The Morgan fingerprint density at radius 2 is 2.00 bits per heavy atom. The Balaban J connectivity index is 1.36. The number of imidazole rings is 1. The zero-order valence-electron chi connectivity index (χ0n) is 17.7. The number of hydrogen-bond donors (Lipinski definition) is 1. The Bertz CT molecular complexity index is 1240. The molecule has 1 amide bonds. The number of aryl methyl sites for hydroxylation is 1. The molecule has 0 aliphatic heterocycles. The standard InChI is InChI=1S/C24H25N5O2/c1-16-26-21-6-3-4-8-23(21)28(16)15-24(30)27-20-7-5-9-22-19(20)14-25-29(22)17-10-12-18(31-2)13-11-17/h3-4,6,8,10-14,20H,5,7,9,15H2,1-2H3,(H,27,30). The first-order valence-corrected chi connectivity index (χ1v) is 10.6. The van der Waals surface area contributed by atoms with Crippen molar-refractivity contribution in [3.05, 3.63) is 71.8 Å². The summed E-state index contributed by atoms with van der Waals surface area (Å²) in [6.45, 7) is 2.19. The number of nitrogens with one attached hydrogen (secondary N) is 1. The summed E-state index contributed by atoms with van der Waals surface area (Å²) in [6.07, 6.45) is 4.75. The molecule has 0 bridgehead atoms. The third kappa shape index (κ3) is 3.56. The van der Waals surface area contributed by atoms with Gasteiger partial charge in [-0.3, -0.25) is 4.79 Å². The summed E-state index contributed by atoms with van der Waals surface area (Å²) in [4.78, 5) is 17.5. The molecule has 0 fully saturated rings. The van der Waals surface area contributed by atoms with E-state index in [4.69, 9.17) is 4.74 Å². The highest BCUT2D eigenvalue weighted by atomic mass is 16.5. The normalized spacial score (nSPS) is 15.6. The maximum Gasteiger partial charge on any atom is 0.240 e. The Hall–Kier alpha value is -3.61. The number of carbonyl (C=O) groups excluding carboxylic acids is 1. The van der Waals surface area contributed by atoms with E-state index in [1.54, 1.807) is 7.11 Å². The number of methoxy groups -OCH3 is 1. The summed E-state index contributed by atoms with van der Waals surface area (Å²) in [5, 5.41) is 7.85. The molecule has 0 saturated heterocycles. The molecule has 31 heavy (non-hydrogen) atoms. The molecule has 2 aromatic heterocycles. The zero-order valence-corrected chi connectivity index (χ0v) is 17.7. The van der Waals surface area contributed by atoms with Crippen molar-refractivity contribution in [1.82, 2.24) is 24.6 Å². The number of ether oxygens (including phenoxy) is 1. The zero-order chi connectivity index (χ0) is 21.4. The van der Waals surface area contributed by atoms with Gasteiger partial charge in [-0.15, -0.1) is 0 Å². The van der Waals surface area contributed by atoms with Crippen LogP contribution in [0.15, 0.2) is 54.7 Å². The van der Waals surface area contributed by atoms with Crippen LogP contribution in [0.1, 0.15) is 36.0 Å². The molecular weight excluding hydrogens is 390 g/mol. The van der Waals surface area contributed by atoms with Gasteiger partial charge >= 0.3 is 0 Å². The lowest BCUT2D eigenvalue weighted by atomic mass is 9.93. The predicted octanol–water partition coefficient (Wildman–Crippen LogP) is 3.73. The van der Waals surface area contributed by atoms with Gasteiger partial charge in [-0.1, -0.05) is 12.1 Å². The fraction of sp³-hybridized carbons (Fsp3) is 0.292. The van der Waals surface area contributed by atoms with Crippen molar-refractivity contribution >= 4 is 16.9 Å². The van der Waals surface area contributed by atoms with Crippen LogP contribution in [0.4, 0.5) is 0 Å². The van der Waals surface area contributed by atoms with Crippen LogP contribution in [-0.2, 0) is 17.8 Å². The van der Waals surface area contributed by atoms with Gasteiger partial charge in [0.1, 0.15) is 18.1 Å². The van der Waals surface area contributed by atoms with Crippen molar-refractivity contribution in [3.63, 3.8) is 0 Å². The average Bonchev–Trinajstić information content (AvgIpc) is 3.36. The van der Waals surface area contributed by atoms with Crippen molar-refractivity contribution in [2.24, 2.45) is 0 Å². The van der Waals surface area contributed by atoms with Crippen molar-refractivity contribution in [2.45, 2.75) is 38.8 Å². The van der Waals surface area contributed by atoms with Gasteiger partial charge in [0.25, 0.3) is 0 Å². The number of nitrogens with zero attached hydrogens (tertiary/aromatic N) is 4. The highest BCUT2D eigenvalue weighted by Gasteiger charge is 2.26. The number of rotatable bonds is 5. The van der Waals surface area contributed by atoms with E-state index >= 15 is 0 Å². The number of para-hydroxylation sites is 2. The summed E-state index contributed by atoms with van der Waals surface area (Å²) >= 11 is 0. The van der Waals surface area contributed by atoms with Crippen LogP contribution >= 0.6 is 0 Å². The molecule has 7 heteroatoms. The van der Waals surface area contributed by atoms with E-state index in [-0.39, 0.29) is 18.5 Å². The van der Waals surface area contributed by atoms with Gasteiger partial charge in [-0.25, -0.2) is 9.67 Å². The lowest BCUT2D eigenvalue weighted by Gasteiger charge is -2.24. The minimum Gasteiger partial charge on any atom is -0.497 e. The molecule has 0 radical (unpaired) electrons. The van der Waals surface area contributed by atoms with Crippen LogP contribution in [-0.4, -0.2) is 32.3 Å². The third-order valence-electron chi connectivity index (χ3n) is 5.98. The highest BCUT2D eigenvalue weighted by molar-refractivity contribution is 5.81. The smallest absolute Gasteiger partial charge is 0.240 e. The van der Waals surface area contributed by atoms with Crippen LogP contribution in [0.2, 0.25) is 0 Å². The average molecular weight is 415 g/mol. The molecule has 1 aliphatic carbocycles. The van der Waals surface area contributed by atoms with E-state index in [1.165, 1.54) is 0 Å². The van der Waals surface area contributed by atoms with Crippen LogP contribution in [0.5, 0.6) is 5.75 Å². The molecule has 7 nitrogen and oxygen atoms in total. The molecule has 1 atom stereocenters. The molecule has 1 unspecified atom stereocenters. The van der Waals surface area contributed by atoms with E-state index in [1.807, 2.05) is 70.9 Å². The quantitative estimate of drug-likeness (QED) is 0.539. The van der Waals surface area contributed by atoms with Crippen LogP contribution in [0, 0.1) is 6.92 Å². The largest absolute Gasteiger partial charge is 0.497 e. The maximum atomic E-state index is 12.9. The molecule has 0 saturated carbocycles. The van der Waals surface area contributed by atoms with Gasteiger partial charge in [0.05, 0.1) is 36.1 Å². The summed E-state index contributed by atoms with van der Waals surface area (Å²) in [5.41, 5.74) is 5.14. The van der Waals surface area contributed by atoms with Crippen molar-refractivity contribution in [1.29, 1.82) is 0 Å². The number of hydrogen-bond acceptors (Lipinski definition) is 4. The van der Waals surface area contributed by atoms with Gasteiger partial charge in [0.2, 0.25) is 5.91 Å². The van der Waals surface area contributed by atoms with Crippen LogP contribution < -0.4 is 10.1 Å². The monoisotopic (exact) mass is 415 g/mol. The molecule has 2 aromatic carbocycles. The predicted molar refractivity (Wildman–Crippen MR) is 118 cm³/mol. The molecule has 0 spiro atoms.